The molecule has 0 bridgehead atoms. The second kappa shape index (κ2) is 6.17. The number of nitrogens with one attached hydrogen (secondary N) is 2. The van der Waals surface area contributed by atoms with Gasteiger partial charge in [-0.05, 0) is 39.8 Å². The lowest BCUT2D eigenvalue weighted by Crippen LogP contribution is -2.41. The van der Waals surface area contributed by atoms with Crippen molar-refractivity contribution < 1.29 is 14.7 Å². The third-order valence-corrected chi connectivity index (χ3v) is 2.50. The van der Waals surface area contributed by atoms with Gasteiger partial charge in [0.25, 0.3) is 0 Å². The van der Waals surface area contributed by atoms with E-state index in [1.807, 2.05) is 13.8 Å². The highest BCUT2D eigenvalue weighted by Crippen LogP contribution is 2.11. The van der Waals surface area contributed by atoms with Crippen LogP contribution in [0.25, 0.3) is 0 Å². The Bertz CT molecular complexity index is 486. The molecule has 6 heteroatoms. The Balaban J connectivity index is 2.75. The summed E-state index contributed by atoms with van der Waals surface area (Å²) in [5.74, 6) is -0.659. The van der Waals surface area contributed by atoms with Crippen LogP contribution in [0.3, 0.4) is 0 Å². The van der Waals surface area contributed by atoms with Gasteiger partial charge in [-0.2, -0.15) is 0 Å². The molecule has 0 aromatic carbocycles. The van der Waals surface area contributed by atoms with Gasteiger partial charge in [0.2, 0.25) is 5.91 Å². The molecule has 1 aromatic rings. The van der Waals surface area contributed by atoms with Gasteiger partial charge in [0.05, 0.1) is 11.3 Å². The fourth-order valence-electron chi connectivity index (χ4n) is 1.56. The van der Waals surface area contributed by atoms with Crippen molar-refractivity contribution in [2.75, 3.05) is 5.32 Å². The first kappa shape index (κ1) is 14.9. The first-order chi connectivity index (χ1) is 8.81. The Morgan fingerprint density at radius 3 is 2.37 bits per heavy atom. The second-order valence-corrected chi connectivity index (χ2v) is 4.66. The molecule has 1 rings (SSSR count). The zero-order valence-corrected chi connectivity index (χ0v) is 11.5. The highest BCUT2D eigenvalue weighted by atomic mass is 16.4. The highest BCUT2D eigenvalue weighted by Gasteiger charge is 2.15. The molecular formula is C13H19N3O3. The normalized spacial score (nSPS) is 12.1. The van der Waals surface area contributed by atoms with E-state index in [0.717, 1.165) is 0 Å². The summed E-state index contributed by atoms with van der Waals surface area (Å²) in [7, 11) is 0. The molecular weight excluding hydrogens is 246 g/mol. The van der Waals surface area contributed by atoms with Gasteiger partial charge >= 0.3 is 5.97 Å². The van der Waals surface area contributed by atoms with Gasteiger partial charge in [-0.25, -0.2) is 9.78 Å². The average molecular weight is 265 g/mol. The van der Waals surface area contributed by atoms with Gasteiger partial charge in [-0.3, -0.25) is 4.79 Å². The Kier molecular flexibility index (Phi) is 4.86. The van der Waals surface area contributed by atoms with Crippen LogP contribution in [0, 0.1) is 6.92 Å². The highest BCUT2D eigenvalue weighted by molar-refractivity contribution is 5.89. The smallest absolute Gasteiger partial charge is 0.337 e. The lowest BCUT2D eigenvalue weighted by atomic mass is 10.2. The summed E-state index contributed by atoms with van der Waals surface area (Å²) < 4.78 is 0. The number of carbonyl (C=O) groups excluding carboxylic acids is 1. The van der Waals surface area contributed by atoms with Crippen molar-refractivity contribution in [1.29, 1.82) is 0 Å². The number of nitrogens with zero attached hydrogens (tertiary/aromatic N) is 1. The zero-order valence-electron chi connectivity index (χ0n) is 11.5. The van der Waals surface area contributed by atoms with Crippen molar-refractivity contribution in [3.8, 4) is 0 Å². The molecule has 6 nitrogen and oxygen atoms in total. The summed E-state index contributed by atoms with van der Waals surface area (Å²) in [5, 5.41) is 14.6. The minimum Gasteiger partial charge on any atom is -0.478 e. The van der Waals surface area contributed by atoms with Crippen molar-refractivity contribution in [1.82, 2.24) is 10.3 Å². The molecule has 0 aliphatic rings. The molecule has 0 saturated heterocycles. The number of carbonyl (C=O) groups is 2. The van der Waals surface area contributed by atoms with Crippen LogP contribution in [0.4, 0.5) is 5.82 Å². The summed E-state index contributed by atoms with van der Waals surface area (Å²) in [6, 6.07) is 2.65. The minimum absolute atomic E-state index is 0.0702. The van der Waals surface area contributed by atoms with Crippen molar-refractivity contribution in [3.63, 3.8) is 0 Å². The molecule has 0 saturated carbocycles. The van der Waals surface area contributed by atoms with E-state index in [0.29, 0.717) is 11.5 Å². The van der Waals surface area contributed by atoms with Gasteiger partial charge in [0.1, 0.15) is 11.9 Å². The van der Waals surface area contributed by atoms with Crippen molar-refractivity contribution in [2.24, 2.45) is 0 Å². The molecule has 19 heavy (non-hydrogen) atoms. The van der Waals surface area contributed by atoms with E-state index in [-0.39, 0.29) is 17.5 Å². The number of rotatable bonds is 5. The third-order valence-electron chi connectivity index (χ3n) is 2.50. The zero-order chi connectivity index (χ0) is 14.6. The van der Waals surface area contributed by atoms with E-state index in [1.54, 1.807) is 19.9 Å². The fraction of sp³-hybridized carbons (Fsp3) is 0.462. The van der Waals surface area contributed by atoms with Gasteiger partial charge in [-0.1, -0.05) is 0 Å². The first-order valence-corrected chi connectivity index (χ1v) is 6.09. The van der Waals surface area contributed by atoms with Crippen LogP contribution < -0.4 is 10.6 Å². The maximum atomic E-state index is 11.7. The largest absolute Gasteiger partial charge is 0.478 e. The van der Waals surface area contributed by atoms with Crippen LogP contribution in [0.1, 0.15) is 36.8 Å². The average Bonchev–Trinajstić information content (AvgIpc) is 2.27. The maximum Gasteiger partial charge on any atom is 0.337 e. The monoisotopic (exact) mass is 265 g/mol. The number of carboxylic acid groups (broad SMARTS) is 1. The summed E-state index contributed by atoms with van der Waals surface area (Å²) in [6.07, 6.45) is 0. The van der Waals surface area contributed by atoms with Gasteiger partial charge in [0, 0.05) is 6.04 Å². The number of pyridine rings is 1. The van der Waals surface area contributed by atoms with Crippen LogP contribution in [-0.2, 0) is 4.79 Å². The molecule has 1 atom stereocenters. The van der Waals surface area contributed by atoms with Gasteiger partial charge in [-0.15, -0.1) is 0 Å². The standard InChI is InChI=1S/C13H19N3O3/c1-7(2)14-12(17)9(4)16-11-6-5-10(13(18)19)8(3)15-11/h5-7,9H,1-4H3,(H,14,17)(H,15,16)(H,18,19). The molecule has 0 aliphatic heterocycles. The lowest BCUT2D eigenvalue weighted by molar-refractivity contribution is -0.122. The van der Waals surface area contributed by atoms with Crippen LogP contribution in [0.5, 0.6) is 0 Å². The molecule has 1 amide bonds. The number of anilines is 1. The lowest BCUT2D eigenvalue weighted by Gasteiger charge is -2.16. The molecule has 1 aromatic heterocycles. The maximum absolute atomic E-state index is 11.7. The summed E-state index contributed by atoms with van der Waals surface area (Å²) in [5.41, 5.74) is 0.568. The van der Waals surface area contributed by atoms with E-state index < -0.39 is 12.0 Å². The number of carboxylic acids is 1. The van der Waals surface area contributed by atoms with E-state index in [1.165, 1.54) is 6.07 Å². The van der Waals surface area contributed by atoms with Crippen molar-refractivity contribution in [3.05, 3.63) is 23.4 Å². The van der Waals surface area contributed by atoms with Gasteiger partial charge < -0.3 is 15.7 Å². The predicted octanol–water partition coefficient (Wildman–Crippen LogP) is 1.41. The van der Waals surface area contributed by atoms with Gasteiger partial charge in [0.15, 0.2) is 0 Å². The molecule has 104 valence electrons. The first-order valence-electron chi connectivity index (χ1n) is 6.09. The number of aromatic carboxylic acids is 1. The summed E-state index contributed by atoms with van der Waals surface area (Å²) >= 11 is 0. The van der Waals surface area contributed by atoms with Crippen LogP contribution in [0.15, 0.2) is 12.1 Å². The second-order valence-electron chi connectivity index (χ2n) is 4.66. The summed E-state index contributed by atoms with van der Waals surface area (Å²) in [6.45, 7) is 7.11. The molecule has 1 unspecified atom stereocenters. The molecule has 0 aliphatic carbocycles. The van der Waals surface area contributed by atoms with E-state index in [9.17, 15) is 9.59 Å². The van der Waals surface area contributed by atoms with E-state index in [2.05, 4.69) is 15.6 Å². The van der Waals surface area contributed by atoms with Crippen molar-refractivity contribution >= 4 is 17.7 Å². The van der Waals surface area contributed by atoms with Crippen LogP contribution >= 0.6 is 0 Å². The third kappa shape index (κ3) is 4.24. The molecule has 0 radical (unpaired) electrons. The minimum atomic E-state index is -1.01. The van der Waals surface area contributed by atoms with E-state index in [4.69, 9.17) is 5.11 Å². The number of aromatic nitrogens is 1. The van der Waals surface area contributed by atoms with E-state index >= 15 is 0 Å². The Labute approximate surface area is 112 Å². The fourth-order valence-corrected chi connectivity index (χ4v) is 1.56. The SMILES string of the molecule is Cc1nc(NC(C)C(=O)NC(C)C)ccc1C(=O)O. The Morgan fingerprint density at radius 1 is 1.26 bits per heavy atom. The molecule has 0 spiro atoms. The van der Waals surface area contributed by atoms with Crippen molar-refractivity contribution in [2.45, 2.75) is 39.8 Å². The number of hydrogen-bond acceptors (Lipinski definition) is 4. The molecule has 1 heterocycles. The Morgan fingerprint density at radius 2 is 1.89 bits per heavy atom. The Hall–Kier alpha value is -2.11. The predicted molar refractivity (Wildman–Crippen MR) is 72.3 cm³/mol. The molecule has 0 fully saturated rings. The summed E-state index contributed by atoms with van der Waals surface area (Å²) in [4.78, 5) is 26.7. The quantitative estimate of drug-likeness (QED) is 0.748. The van der Waals surface area contributed by atoms with Crippen LogP contribution in [0.2, 0.25) is 0 Å². The molecule has 3 N–H and O–H groups in total. The van der Waals surface area contributed by atoms with Crippen LogP contribution in [-0.4, -0.2) is 34.1 Å². The number of amides is 1. The number of aryl methyl sites for hydroxylation is 1. The number of hydrogen-bond donors (Lipinski definition) is 3. The topological polar surface area (TPSA) is 91.3 Å².